The number of nitrogens with zero attached hydrogens (tertiary/aromatic N) is 3. The molecule has 2 rings (SSSR count). The molecular weight excluding hydrogens is 252 g/mol. The van der Waals surface area contributed by atoms with Crippen molar-refractivity contribution in [2.24, 2.45) is 5.73 Å². The summed E-state index contributed by atoms with van der Waals surface area (Å²) in [5.74, 6) is 0.584. The number of anilines is 1. The van der Waals surface area contributed by atoms with Crippen LogP contribution in [0.4, 0.5) is 5.82 Å². The predicted octanol–water partition coefficient (Wildman–Crippen LogP) is 1.71. The van der Waals surface area contributed by atoms with E-state index in [1.807, 2.05) is 20.8 Å². The van der Waals surface area contributed by atoms with Crippen LogP contribution in [-0.4, -0.2) is 28.7 Å². The maximum atomic E-state index is 12.7. The second kappa shape index (κ2) is 5.95. The molecule has 1 aromatic rings. The number of rotatable bonds is 5. The molecule has 1 heterocycles. The molecule has 1 aromatic heterocycles. The molecule has 0 radical (unpaired) electrons. The average molecular weight is 278 g/mol. The summed E-state index contributed by atoms with van der Waals surface area (Å²) in [5, 5.41) is 0. The van der Waals surface area contributed by atoms with Gasteiger partial charge in [0.25, 0.3) is 5.56 Å². The van der Waals surface area contributed by atoms with Crippen LogP contribution in [0.15, 0.2) is 17.2 Å². The molecule has 0 saturated heterocycles. The Hall–Kier alpha value is -1.36. The average Bonchev–Trinajstić information content (AvgIpc) is 2.31. The number of nitrogens with two attached hydrogens (primary N) is 1. The summed E-state index contributed by atoms with van der Waals surface area (Å²) >= 11 is 0. The monoisotopic (exact) mass is 278 g/mol. The van der Waals surface area contributed by atoms with Gasteiger partial charge in [0, 0.05) is 30.5 Å². The second-order valence-corrected chi connectivity index (χ2v) is 6.52. The van der Waals surface area contributed by atoms with E-state index in [0.717, 1.165) is 25.8 Å². The molecule has 0 atom stereocenters. The van der Waals surface area contributed by atoms with Crippen LogP contribution in [-0.2, 0) is 5.54 Å². The third-order valence-corrected chi connectivity index (χ3v) is 3.94. The Morgan fingerprint density at radius 2 is 2.15 bits per heavy atom. The highest BCUT2D eigenvalue weighted by molar-refractivity contribution is 5.38. The summed E-state index contributed by atoms with van der Waals surface area (Å²) in [6.07, 6.45) is 7.93. The van der Waals surface area contributed by atoms with Crippen LogP contribution in [0.5, 0.6) is 0 Å². The van der Waals surface area contributed by atoms with Gasteiger partial charge in [-0.15, -0.1) is 0 Å². The first kappa shape index (κ1) is 15.0. The highest BCUT2D eigenvalue weighted by Gasteiger charge is 2.28. The maximum absolute atomic E-state index is 12.7. The summed E-state index contributed by atoms with van der Waals surface area (Å²) in [7, 11) is 0. The van der Waals surface area contributed by atoms with Crippen molar-refractivity contribution >= 4 is 5.82 Å². The minimum absolute atomic E-state index is 0.00363. The molecule has 1 saturated carbocycles. The fraction of sp³-hybridized carbons (Fsp3) is 0.733. The first-order valence-electron chi connectivity index (χ1n) is 7.50. The molecule has 1 aliphatic carbocycles. The summed E-state index contributed by atoms with van der Waals surface area (Å²) in [6, 6.07) is 0.456. The Kier molecular flexibility index (Phi) is 4.48. The molecule has 112 valence electrons. The van der Waals surface area contributed by atoms with Gasteiger partial charge in [0.15, 0.2) is 5.82 Å². The molecule has 1 fully saturated rings. The third-order valence-electron chi connectivity index (χ3n) is 3.94. The minimum Gasteiger partial charge on any atom is -0.349 e. The smallest absolute Gasteiger partial charge is 0.293 e. The van der Waals surface area contributed by atoms with E-state index in [1.54, 1.807) is 17.0 Å². The van der Waals surface area contributed by atoms with E-state index in [-0.39, 0.29) is 11.1 Å². The Labute approximate surface area is 120 Å². The fourth-order valence-electron chi connectivity index (χ4n) is 2.55. The van der Waals surface area contributed by atoms with Crippen LogP contribution in [0.25, 0.3) is 0 Å². The Balaban J connectivity index is 2.35. The molecule has 2 N–H and O–H groups in total. The summed E-state index contributed by atoms with van der Waals surface area (Å²) in [4.78, 5) is 19.2. The van der Waals surface area contributed by atoms with Crippen LogP contribution >= 0.6 is 0 Å². The Bertz CT molecular complexity index is 499. The van der Waals surface area contributed by atoms with Crippen LogP contribution in [0.1, 0.15) is 46.5 Å². The molecule has 1 aliphatic rings. The molecule has 5 heteroatoms. The number of hydrogen-bond donors (Lipinski definition) is 1. The van der Waals surface area contributed by atoms with Gasteiger partial charge in [0.2, 0.25) is 0 Å². The van der Waals surface area contributed by atoms with Crippen LogP contribution in [0.2, 0.25) is 0 Å². The van der Waals surface area contributed by atoms with Gasteiger partial charge in [-0.1, -0.05) is 0 Å². The van der Waals surface area contributed by atoms with Crippen molar-refractivity contribution in [3.8, 4) is 0 Å². The summed E-state index contributed by atoms with van der Waals surface area (Å²) in [6.45, 7) is 7.56. The van der Waals surface area contributed by atoms with E-state index in [1.165, 1.54) is 6.42 Å². The number of aromatic nitrogens is 2. The predicted molar refractivity (Wildman–Crippen MR) is 82.1 cm³/mol. The van der Waals surface area contributed by atoms with Crippen molar-refractivity contribution in [3.63, 3.8) is 0 Å². The Morgan fingerprint density at radius 1 is 1.45 bits per heavy atom. The van der Waals surface area contributed by atoms with E-state index in [0.29, 0.717) is 18.4 Å². The van der Waals surface area contributed by atoms with Crippen LogP contribution < -0.4 is 16.2 Å². The van der Waals surface area contributed by atoms with Gasteiger partial charge in [0.1, 0.15) is 0 Å². The number of hydrogen-bond acceptors (Lipinski definition) is 4. The van der Waals surface area contributed by atoms with Gasteiger partial charge in [-0.05, 0) is 53.0 Å². The van der Waals surface area contributed by atoms with Crippen LogP contribution in [0, 0.1) is 0 Å². The van der Waals surface area contributed by atoms with Crippen LogP contribution in [0.3, 0.4) is 0 Å². The largest absolute Gasteiger partial charge is 0.349 e. The SMILES string of the molecule is CC(C)(C)n1ccnc(N(CCCN)C2CCC2)c1=O. The summed E-state index contributed by atoms with van der Waals surface area (Å²) < 4.78 is 1.77. The molecule has 0 aromatic carbocycles. The van der Waals surface area contributed by atoms with Gasteiger partial charge in [-0.25, -0.2) is 4.98 Å². The lowest BCUT2D eigenvalue weighted by Crippen LogP contribution is -2.46. The molecule has 0 spiro atoms. The maximum Gasteiger partial charge on any atom is 0.293 e. The zero-order chi connectivity index (χ0) is 14.8. The standard InChI is InChI=1S/C15H26N4O/c1-15(2,3)19-11-9-17-13(14(19)20)18(10-5-8-16)12-6-4-7-12/h9,11-12H,4-8,10,16H2,1-3H3. The lowest BCUT2D eigenvalue weighted by Gasteiger charge is -2.38. The zero-order valence-corrected chi connectivity index (χ0v) is 12.8. The van der Waals surface area contributed by atoms with Gasteiger partial charge < -0.3 is 15.2 Å². The summed E-state index contributed by atoms with van der Waals surface area (Å²) in [5.41, 5.74) is 5.40. The molecule has 0 unspecified atom stereocenters. The van der Waals surface area contributed by atoms with Gasteiger partial charge in [0.05, 0.1) is 0 Å². The fourth-order valence-corrected chi connectivity index (χ4v) is 2.55. The van der Waals surface area contributed by atoms with E-state index in [4.69, 9.17) is 5.73 Å². The molecule has 20 heavy (non-hydrogen) atoms. The normalized spacial score (nSPS) is 16.0. The van der Waals surface area contributed by atoms with E-state index < -0.39 is 0 Å². The molecular formula is C15H26N4O. The van der Waals surface area contributed by atoms with E-state index in [2.05, 4.69) is 9.88 Å². The van der Waals surface area contributed by atoms with Crippen molar-refractivity contribution in [2.45, 2.75) is 58.0 Å². The minimum atomic E-state index is -0.228. The first-order chi connectivity index (χ1) is 9.45. The van der Waals surface area contributed by atoms with Crippen molar-refractivity contribution in [3.05, 3.63) is 22.7 Å². The van der Waals surface area contributed by atoms with Gasteiger partial charge >= 0.3 is 0 Å². The molecule has 0 amide bonds. The van der Waals surface area contributed by atoms with Crippen molar-refractivity contribution < 1.29 is 0 Å². The zero-order valence-electron chi connectivity index (χ0n) is 12.8. The van der Waals surface area contributed by atoms with Gasteiger partial charge in [-0.3, -0.25) is 4.79 Å². The molecule has 0 bridgehead atoms. The second-order valence-electron chi connectivity index (χ2n) is 6.52. The topological polar surface area (TPSA) is 64.2 Å². The van der Waals surface area contributed by atoms with Crippen molar-refractivity contribution in [2.75, 3.05) is 18.0 Å². The van der Waals surface area contributed by atoms with Gasteiger partial charge in [-0.2, -0.15) is 0 Å². The van der Waals surface area contributed by atoms with E-state index >= 15 is 0 Å². The lowest BCUT2D eigenvalue weighted by atomic mass is 9.91. The highest BCUT2D eigenvalue weighted by Crippen LogP contribution is 2.27. The van der Waals surface area contributed by atoms with E-state index in [9.17, 15) is 4.79 Å². The third kappa shape index (κ3) is 3.03. The van der Waals surface area contributed by atoms with Crippen molar-refractivity contribution in [1.29, 1.82) is 0 Å². The molecule has 5 nitrogen and oxygen atoms in total. The highest BCUT2D eigenvalue weighted by atomic mass is 16.1. The Morgan fingerprint density at radius 3 is 2.65 bits per heavy atom. The quantitative estimate of drug-likeness (QED) is 0.890. The lowest BCUT2D eigenvalue weighted by molar-refractivity contribution is 0.366. The first-order valence-corrected chi connectivity index (χ1v) is 7.50. The van der Waals surface area contributed by atoms with Crippen molar-refractivity contribution in [1.82, 2.24) is 9.55 Å². The molecule has 0 aliphatic heterocycles.